The minimum Gasteiger partial charge on any atom is -0.272 e. The van der Waals surface area contributed by atoms with E-state index < -0.39 is 17.7 Å². The van der Waals surface area contributed by atoms with Crippen LogP contribution in [-0.2, 0) is 4.79 Å². The molecule has 2 aliphatic heterocycles. The smallest absolute Gasteiger partial charge is 0.254 e. The molecule has 0 bridgehead atoms. The number of hydrogen-bond acceptors (Lipinski definition) is 4. The number of aromatic nitrogens is 1. The van der Waals surface area contributed by atoms with Gasteiger partial charge in [0, 0.05) is 25.5 Å². The van der Waals surface area contributed by atoms with Crippen molar-refractivity contribution < 1.29 is 13.6 Å². The highest BCUT2D eigenvalue weighted by Gasteiger charge is 2.59. The maximum absolute atomic E-state index is 13.7. The Morgan fingerprint density at radius 3 is 2.96 bits per heavy atom. The highest BCUT2D eigenvalue weighted by atomic mass is 19.3. The lowest BCUT2D eigenvalue weighted by Gasteiger charge is -2.28. The fourth-order valence-electron chi connectivity index (χ4n) is 3.66. The van der Waals surface area contributed by atoms with Crippen LogP contribution in [0.25, 0.3) is 0 Å². The maximum Gasteiger partial charge on any atom is 0.254 e. The predicted octanol–water partition coefficient (Wildman–Crippen LogP) is 2.51. The lowest BCUT2D eigenvalue weighted by molar-refractivity contribution is -0.149. The molecule has 5 nitrogen and oxygen atoms in total. The van der Waals surface area contributed by atoms with Gasteiger partial charge in [0.15, 0.2) is 0 Å². The molecule has 3 rings (SSSR count). The Hall–Kier alpha value is -2.07. The van der Waals surface area contributed by atoms with Crippen LogP contribution in [0.2, 0.25) is 0 Å². The van der Waals surface area contributed by atoms with Gasteiger partial charge in [-0.3, -0.25) is 14.8 Å². The largest absolute Gasteiger partial charge is 0.272 e. The summed E-state index contributed by atoms with van der Waals surface area (Å²) in [5, 5.41) is 12.2. The van der Waals surface area contributed by atoms with E-state index >= 15 is 0 Å². The Balaban J connectivity index is 1.94. The van der Waals surface area contributed by atoms with Gasteiger partial charge in [-0.15, -0.1) is 0 Å². The van der Waals surface area contributed by atoms with Crippen LogP contribution in [0.15, 0.2) is 18.5 Å². The molecule has 0 radical (unpaired) electrons. The minimum absolute atomic E-state index is 0.0687. The summed E-state index contributed by atoms with van der Waals surface area (Å²) in [6, 6.07) is 3.38. The number of nitriles is 1. The van der Waals surface area contributed by atoms with Gasteiger partial charge in [-0.25, -0.2) is 13.8 Å². The monoisotopic (exact) mass is 320 g/mol. The van der Waals surface area contributed by atoms with Crippen molar-refractivity contribution in [3.63, 3.8) is 0 Å². The second-order valence-corrected chi connectivity index (χ2v) is 6.17. The van der Waals surface area contributed by atoms with Gasteiger partial charge in [0.1, 0.15) is 11.5 Å². The quantitative estimate of drug-likeness (QED) is 0.855. The molecule has 0 N–H and O–H groups in total. The van der Waals surface area contributed by atoms with Gasteiger partial charge in [-0.2, -0.15) is 5.26 Å². The van der Waals surface area contributed by atoms with E-state index in [0.29, 0.717) is 24.9 Å². The molecule has 1 amide bonds. The summed E-state index contributed by atoms with van der Waals surface area (Å²) < 4.78 is 27.3. The van der Waals surface area contributed by atoms with Crippen LogP contribution in [-0.4, -0.2) is 40.4 Å². The molecule has 0 aromatic carbocycles. The van der Waals surface area contributed by atoms with Crippen molar-refractivity contribution in [1.29, 1.82) is 5.26 Å². The summed E-state index contributed by atoms with van der Waals surface area (Å²) in [7, 11) is 0. The number of nitrogens with zero attached hydrogens (tertiary/aromatic N) is 4. The average molecular weight is 320 g/mol. The van der Waals surface area contributed by atoms with Crippen LogP contribution < -0.4 is 0 Å². The van der Waals surface area contributed by atoms with Crippen molar-refractivity contribution in [2.45, 2.75) is 38.7 Å². The van der Waals surface area contributed by atoms with Crippen molar-refractivity contribution in [3.05, 3.63) is 29.6 Å². The van der Waals surface area contributed by atoms with Gasteiger partial charge in [0.05, 0.1) is 11.6 Å². The van der Waals surface area contributed by atoms with Gasteiger partial charge < -0.3 is 0 Å². The Kier molecular flexibility index (Phi) is 4.02. The standard InChI is InChI=1S/C16H18F2N4O/c1-2-4-16(14(17)18)10-21-5-3-13(22(21)15(16)23)12-6-11(7-19)8-20-9-12/h6,8-9,13-14H,2-5,10H2,1H3/t13-,16?/m1/s1. The molecule has 1 unspecified atom stereocenters. The molecule has 1 aromatic heterocycles. The molecule has 0 spiro atoms. The zero-order valence-electron chi connectivity index (χ0n) is 12.9. The Morgan fingerprint density at radius 1 is 1.52 bits per heavy atom. The molecule has 3 heterocycles. The van der Waals surface area contributed by atoms with Crippen LogP contribution in [0.1, 0.15) is 43.4 Å². The molecule has 2 saturated heterocycles. The third kappa shape index (κ3) is 2.38. The Morgan fingerprint density at radius 2 is 2.30 bits per heavy atom. The summed E-state index contributed by atoms with van der Waals surface area (Å²) >= 11 is 0. The van der Waals surface area contributed by atoms with Crippen LogP contribution >= 0.6 is 0 Å². The van der Waals surface area contributed by atoms with E-state index in [4.69, 9.17) is 5.26 Å². The second kappa shape index (κ2) is 5.85. The first kappa shape index (κ1) is 15.8. The lowest BCUT2D eigenvalue weighted by Crippen LogP contribution is -2.41. The molecular formula is C16H18F2N4O. The van der Waals surface area contributed by atoms with Crippen LogP contribution in [0.5, 0.6) is 0 Å². The zero-order valence-corrected chi connectivity index (χ0v) is 12.9. The molecule has 2 fully saturated rings. The number of halogens is 2. The van der Waals surface area contributed by atoms with Crippen molar-refractivity contribution in [2.75, 3.05) is 13.1 Å². The molecule has 2 aliphatic rings. The molecule has 1 aromatic rings. The number of pyridine rings is 1. The van der Waals surface area contributed by atoms with E-state index in [1.807, 2.05) is 13.0 Å². The lowest BCUT2D eigenvalue weighted by atomic mass is 9.83. The van der Waals surface area contributed by atoms with E-state index in [9.17, 15) is 13.6 Å². The zero-order chi connectivity index (χ0) is 16.6. The van der Waals surface area contributed by atoms with Gasteiger partial charge >= 0.3 is 0 Å². The third-order valence-corrected chi connectivity index (χ3v) is 4.75. The third-order valence-electron chi connectivity index (χ3n) is 4.75. The molecular weight excluding hydrogens is 302 g/mol. The summed E-state index contributed by atoms with van der Waals surface area (Å²) in [6.07, 6.45) is 1.75. The predicted molar refractivity (Wildman–Crippen MR) is 78.1 cm³/mol. The fraction of sp³-hybridized carbons (Fsp3) is 0.562. The number of carbonyl (C=O) groups is 1. The van der Waals surface area contributed by atoms with Gasteiger partial charge in [0.25, 0.3) is 12.3 Å². The van der Waals surface area contributed by atoms with E-state index in [1.54, 1.807) is 17.3 Å². The highest BCUT2D eigenvalue weighted by molar-refractivity contribution is 5.85. The number of fused-ring (bicyclic) bond motifs is 1. The van der Waals surface area contributed by atoms with Crippen molar-refractivity contribution in [1.82, 2.24) is 15.0 Å². The first-order chi connectivity index (χ1) is 11.0. The molecule has 23 heavy (non-hydrogen) atoms. The van der Waals surface area contributed by atoms with Gasteiger partial charge in [0.2, 0.25) is 0 Å². The highest BCUT2D eigenvalue weighted by Crippen LogP contribution is 2.47. The van der Waals surface area contributed by atoms with E-state index in [-0.39, 0.29) is 19.0 Å². The number of hydrogen-bond donors (Lipinski definition) is 0. The van der Waals surface area contributed by atoms with Crippen molar-refractivity contribution in [3.8, 4) is 6.07 Å². The summed E-state index contributed by atoms with van der Waals surface area (Å²) in [5.41, 5.74) is -0.476. The number of rotatable bonds is 4. The van der Waals surface area contributed by atoms with Crippen LogP contribution in [0, 0.1) is 16.7 Å². The second-order valence-electron chi connectivity index (χ2n) is 6.17. The van der Waals surface area contributed by atoms with Crippen molar-refractivity contribution in [2.24, 2.45) is 5.41 Å². The fourth-order valence-corrected chi connectivity index (χ4v) is 3.66. The van der Waals surface area contributed by atoms with Gasteiger partial charge in [-0.05, 0) is 24.5 Å². The first-order valence-corrected chi connectivity index (χ1v) is 7.75. The summed E-state index contributed by atoms with van der Waals surface area (Å²) in [6.45, 7) is 2.44. The van der Waals surface area contributed by atoms with E-state index in [0.717, 1.165) is 5.56 Å². The molecule has 0 saturated carbocycles. The van der Waals surface area contributed by atoms with Crippen LogP contribution in [0.3, 0.4) is 0 Å². The normalized spacial score (nSPS) is 27.5. The van der Waals surface area contributed by atoms with Crippen LogP contribution in [0.4, 0.5) is 8.78 Å². The summed E-state index contributed by atoms with van der Waals surface area (Å²) in [4.78, 5) is 16.8. The number of hydrazine groups is 1. The van der Waals surface area contributed by atoms with Crippen molar-refractivity contribution >= 4 is 5.91 Å². The summed E-state index contributed by atoms with van der Waals surface area (Å²) in [5.74, 6) is -0.501. The first-order valence-electron chi connectivity index (χ1n) is 7.75. The Labute approximate surface area is 133 Å². The molecule has 0 aliphatic carbocycles. The number of carbonyl (C=O) groups excluding carboxylic acids is 1. The SMILES string of the molecule is CCCC1(C(F)F)CN2CC[C@H](c3cncc(C#N)c3)N2C1=O. The average Bonchev–Trinajstić information content (AvgIpc) is 3.07. The van der Waals surface area contributed by atoms with E-state index in [1.165, 1.54) is 11.2 Å². The maximum atomic E-state index is 13.7. The Bertz CT molecular complexity index is 660. The topological polar surface area (TPSA) is 60.2 Å². The molecule has 122 valence electrons. The number of alkyl halides is 2. The number of amides is 1. The molecule has 2 atom stereocenters. The molecule has 7 heteroatoms. The minimum atomic E-state index is -2.68. The van der Waals surface area contributed by atoms with E-state index in [2.05, 4.69) is 4.98 Å². The van der Waals surface area contributed by atoms with Gasteiger partial charge in [-0.1, -0.05) is 13.3 Å².